The van der Waals surface area contributed by atoms with E-state index in [9.17, 15) is 13.6 Å². The summed E-state index contributed by atoms with van der Waals surface area (Å²) in [5, 5.41) is 7.14. The standard InChI is InChI=1S/C20H20F2N4O2/c1-4-14-7-5-6-12(2)17(14)24-19(27)18-23-13(3)26(25-18)15-8-10-16(11-9-15)28-20(21)22/h5-11,20H,4H2,1-3H3,(H,24,27). The van der Waals surface area contributed by atoms with Crippen molar-refractivity contribution >= 4 is 11.6 Å². The third kappa shape index (κ3) is 4.16. The van der Waals surface area contributed by atoms with Gasteiger partial charge in [-0.05, 0) is 55.7 Å². The number of ether oxygens (including phenoxy) is 1. The van der Waals surface area contributed by atoms with E-state index in [0.29, 0.717) is 11.5 Å². The van der Waals surface area contributed by atoms with E-state index < -0.39 is 12.5 Å². The Morgan fingerprint density at radius 3 is 2.54 bits per heavy atom. The van der Waals surface area contributed by atoms with Crippen molar-refractivity contribution in [3.63, 3.8) is 0 Å². The van der Waals surface area contributed by atoms with Gasteiger partial charge < -0.3 is 10.1 Å². The van der Waals surface area contributed by atoms with Crippen LogP contribution in [0.5, 0.6) is 5.75 Å². The predicted octanol–water partition coefficient (Wildman–Crippen LogP) is 4.30. The van der Waals surface area contributed by atoms with E-state index in [4.69, 9.17) is 0 Å². The summed E-state index contributed by atoms with van der Waals surface area (Å²) in [6.07, 6.45) is 0.783. The third-order valence-electron chi connectivity index (χ3n) is 4.26. The lowest BCUT2D eigenvalue weighted by molar-refractivity contribution is -0.0498. The van der Waals surface area contributed by atoms with Crippen molar-refractivity contribution in [2.45, 2.75) is 33.8 Å². The molecule has 0 atom stereocenters. The van der Waals surface area contributed by atoms with Crippen molar-refractivity contribution < 1.29 is 18.3 Å². The van der Waals surface area contributed by atoms with Gasteiger partial charge in [0.05, 0.1) is 5.69 Å². The van der Waals surface area contributed by atoms with E-state index in [2.05, 4.69) is 20.1 Å². The number of halogens is 2. The number of aromatic nitrogens is 3. The molecular weight excluding hydrogens is 366 g/mol. The Kier molecular flexibility index (Phi) is 5.67. The van der Waals surface area contributed by atoms with Crippen LogP contribution < -0.4 is 10.1 Å². The molecule has 0 spiro atoms. The minimum absolute atomic E-state index is 0.0238. The number of hydrogen-bond donors (Lipinski definition) is 1. The second-order valence-electron chi connectivity index (χ2n) is 6.18. The summed E-state index contributed by atoms with van der Waals surface area (Å²) >= 11 is 0. The number of benzene rings is 2. The summed E-state index contributed by atoms with van der Waals surface area (Å²) in [7, 11) is 0. The Balaban J connectivity index is 1.83. The Morgan fingerprint density at radius 1 is 1.18 bits per heavy atom. The maximum absolute atomic E-state index is 12.7. The zero-order valence-electron chi connectivity index (χ0n) is 15.7. The molecule has 1 amide bonds. The van der Waals surface area contributed by atoms with Gasteiger partial charge in [-0.3, -0.25) is 4.79 Å². The van der Waals surface area contributed by atoms with Gasteiger partial charge >= 0.3 is 6.61 Å². The van der Waals surface area contributed by atoms with Crippen molar-refractivity contribution in [1.29, 1.82) is 0 Å². The first-order valence-corrected chi connectivity index (χ1v) is 8.77. The number of rotatable bonds is 6. The number of carbonyl (C=O) groups is 1. The maximum Gasteiger partial charge on any atom is 0.387 e. The van der Waals surface area contributed by atoms with Crippen molar-refractivity contribution in [2.75, 3.05) is 5.32 Å². The molecule has 0 saturated carbocycles. The van der Waals surface area contributed by atoms with Gasteiger partial charge in [0.15, 0.2) is 0 Å². The number of nitrogens with one attached hydrogen (secondary N) is 1. The van der Waals surface area contributed by atoms with Gasteiger partial charge in [-0.25, -0.2) is 9.67 Å². The van der Waals surface area contributed by atoms with Crippen LogP contribution in [0, 0.1) is 13.8 Å². The van der Waals surface area contributed by atoms with Gasteiger partial charge in [0.1, 0.15) is 11.6 Å². The van der Waals surface area contributed by atoms with Gasteiger partial charge in [-0.2, -0.15) is 8.78 Å². The summed E-state index contributed by atoms with van der Waals surface area (Å²) in [5.41, 5.74) is 3.32. The highest BCUT2D eigenvalue weighted by Crippen LogP contribution is 2.22. The Hall–Kier alpha value is -3.29. The first kappa shape index (κ1) is 19.5. The highest BCUT2D eigenvalue weighted by molar-refractivity contribution is 6.02. The largest absolute Gasteiger partial charge is 0.435 e. The number of amides is 1. The van der Waals surface area contributed by atoms with E-state index >= 15 is 0 Å². The quantitative estimate of drug-likeness (QED) is 0.686. The molecule has 3 rings (SSSR count). The molecule has 0 fully saturated rings. The highest BCUT2D eigenvalue weighted by atomic mass is 19.3. The van der Waals surface area contributed by atoms with Crippen LogP contribution in [-0.4, -0.2) is 27.3 Å². The molecule has 0 saturated heterocycles. The van der Waals surface area contributed by atoms with Crippen molar-refractivity contribution in [3.8, 4) is 11.4 Å². The fourth-order valence-corrected chi connectivity index (χ4v) is 2.87. The fraction of sp³-hybridized carbons (Fsp3) is 0.250. The number of carbonyl (C=O) groups excluding carboxylic acids is 1. The molecule has 1 N–H and O–H groups in total. The first-order chi connectivity index (χ1) is 13.4. The SMILES string of the molecule is CCc1cccc(C)c1NC(=O)c1nc(C)n(-c2ccc(OC(F)F)cc2)n1. The minimum atomic E-state index is -2.89. The van der Waals surface area contributed by atoms with Crippen molar-refractivity contribution in [1.82, 2.24) is 14.8 Å². The molecule has 1 aromatic heterocycles. The molecule has 0 aliphatic carbocycles. The van der Waals surface area contributed by atoms with Crippen LogP contribution in [0.1, 0.15) is 34.5 Å². The molecule has 1 heterocycles. The van der Waals surface area contributed by atoms with E-state index in [1.165, 1.54) is 16.8 Å². The lowest BCUT2D eigenvalue weighted by Crippen LogP contribution is -2.16. The molecule has 0 aliphatic rings. The van der Waals surface area contributed by atoms with E-state index in [-0.39, 0.29) is 11.6 Å². The van der Waals surface area contributed by atoms with Crippen LogP contribution in [0.2, 0.25) is 0 Å². The van der Waals surface area contributed by atoms with Crippen LogP contribution in [0.15, 0.2) is 42.5 Å². The number of hydrogen-bond acceptors (Lipinski definition) is 4. The monoisotopic (exact) mass is 386 g/mol. The van der Waals surface area contributed by atoms with Gasteiger partial charge in [-0.1, -0.05) is 25.1 Å². The Morgan fingerprint density at radius 2 is 1.89 bits per heavy atom. The van der Waals surface area contributed by atoms with Crippen LogP contribution in [-0.2, 0) is 6.42 Å². The topological polar surface area (TPSA) is 69.0 Å². The van der Waals surface area contributed by atoms with Crippen molar-refractivity contribution in [3.05, 3.63) is 65.2 Å². The molecular formula is C20H20F2N4O2. The average molecular weight is 386 g/mol. The summed E-state index contributed by atoms with van der Waals surface area (Å²) in [5.74, 6) is 0.147. The molecule has 0 bridgehead atoms. The number of alkyl halides is 2. The number of anilines is 1. The zero-order valence-corrected chi connectivity index (χ0v) is 15.7. The smallest absolute Gasteiger partial charge is 0.387 e. The molecule has 8 heteroatoms. The van der Waals surface area contributed by atoms with Gasteiger partial charge in [0.25, 0.3) is 5.91 Å². The Labute approximate surface area is 161 Å². The molecule has 0 aliphatic heterocycles. The summed E-state index contributed by atoms with van der Waals surface area (Å²) < 4.78 is 30.3. The molecule has 3 aromatic rings. The minimum Gasteiger partial charge on any atom is -0.435 e. The normalized spacial score (nSPS) is 10.9. The second-order valence-corrected chi connectivity index (χ2v) is 6.18. The van der Waals surface area contributed by atoms with E-state index in [1.54, 1.807) is 19.1 Å². The number of para-hydroxylation sites is 1. The number of nitrogens with zero attached hydrogens (tertiary/aromatic N) is 3. The van der Waals surface area contributed by atoms with Gasteiger partial charge in [-0.15, -0.1) is 5.10 Å². The highest BCUT2D eigenvalue weighted by Gasteiger charge is 2.17. The molecule has 6 nitrogen and oxygen atoms in total. The molecule has 0 radical (unpaired) electrons. The van der Waals surface area contributed by atoms with Crippen LogP contribution in [0.25, 0.3) is 5.69 Å². The van der Waals surface area contributed by atoms with Crippen LogP contribution in [0.4, 0.5) is 14.5 Å². The molecule has 28 heavy (non-hydrogen) atoms. The summed E-state index contributed by atoms with van der Waals surface area (Å²) in [6.45, 7) is 2.76. The zero-order chi connectivity index (χ0) is 20.3. The average Bonchev–Trinajstić information content (AvgIpc) is 3.05. The number of aryl methyl sites for hydroxylation is 3. The fourth-order valence-electron chi connectivity index (χ4n) is 2.87. The van der Waals surface area contributed by atoms with Crippen molar-refractivity contribution in [2.24, 2.45) is 0 Å². The predicted molar refractivity (Wildman–Crippen MR) is 101 cm³/mol. The summed E-state index contributed by atoms with van der Waals surface area (Å²) in [4.78, 5) is 16.9. The summed E-state index contributed by atoms with van der Waals surface area (Å²) in [6, 6.07) is 11.8. The lowest BCUT2D eigenvalue weighted by atomic mass is 10.1. The van der Waals surface area contributed by atoms with E-state index in [0.717, 1.165) is 23.2 Å². The van der Waals surface area contributed by atoms with E-state index in [1.807, 2.05) is 32.0 Å². The van der Waals surface area contributed by atoms with Gasteiger partial charge in [0.2, 0.25) is 5.82 Å². The Bertz CT molecular complexity index is 984. The van der Waals surface area contributed by atoms with Gasteiger partial charge in [0, 0.05) is 5.69 Å². The molecule has 146 valence electrons. The first-order valence-electron chi connectivity index (χ1n) is 8.77. The molecule has 2 aromatic carbocycles. The third-order valence-corrected chi connectivity index (χ3v) is 4.26. The van der Waals surface area contributed by atoms with Crippen LogP contribution >= 0.6 is 0 Å². The lowest BCUT2D eigenvalue weighted by Gasteiger charge is -2.11. The molecule has 0 unspecified atom stereocenters. The van der Waals surface area contributed by atoms with Crippen LogP contribution in [0.3, 0.4) is 0 Å². The maximum atomic E-state index is 12.7. The second kappa shape index (κ2) is 8.16.